The van der Waals surface area contributed by atoms with Crippen LogP contribution in [0.3, 0.4) is 0 Å². The molecule has 0 spiro atoms. The lowest BCUT2D eigenvalue weighted by molar-refractivity contribution is -0.384. The number of ketones is 1. The van der Waals surface area contributed by atoms with Gasteiger partial charge in [0.25, 0.3) is 5.69 Å². The van der Waals surface area contributed by atoms with Crippen molar-refractivity contribution < 1.29 is 18.1 Å². The molecule has 0 radical (unpaired) electrons. The Hall–Kier alpha value is -1.51. The molecule has 1 heterocycles. The third kappa shape index (κ3) is 3.07. The van der Waals surface area contributed by atoms with E-state index in [4.69, 9.17) is 11.6 Å². The highest BCUT2D eigenvalue weighted by molar-refractivity contribution is 7.89. The van der Waals surface area contributed by atoms with Crippen molar-refractivity contribution in [1.29, 1.82) is 0 Å². The van der Waals surface area contributed by atoms with Crippen LogP contribution >= 0.6 is 11.6 Å². The minimum Gasteiger partial charge on any atom is -0.299 e. The van der Waals surface area contributed by atoms with Crippen molar-refractivity contribution >= 4 is 33.1 Å². The summed E-state index contributed by atoms with van der Waals surface area (Å²) in [5.74, 6) is -0.346. The molecule has 1 aliphatic heterocycles. The number of nitro groups is 1. The quantitative estimate of drug-likeness (QED) is 0.621. The van der Waals surface area contributed by atoms with Crippen molar-refractivity contribution in [2.24, 2.45) is 5.92 Å². The summed E-state index contributed by atoms with van der Waals surface area (Å²) >= 11 is 5.87. The van der Waals surface area contributed by atoms with Gasteiger partial charge in [0, 0.05) is 37.6 Å². The van der Waals surface area contributed by atoms with Gasteiger partial charge in [-0.3, -0.25) is 14.9 Å². The number of sulfonamides is 1. The molecule has 7 nitrogen and oxygen atoms in total. The predicted molar refractivity (Wildman–Crippen MR) is 75.7 cm³/mol. The first-order chi connectivity index (χ1) is 9.73. The molecule has 9 heteroatoms. The van der Waals surface area contributed by atoms with Crippen LogP contribution in [0.4, 0.5) is 5.69 Å². The smallest absolute Gasteiger partial charge is 0.271 e. The summed E-state index contributed by atoms with van der Waals surface area (Å²) in [6.45, 7) is 1.86. The highest BCUT2D eigenvalue weighted by atomic mass is 35.5. The maximum absolute atomic E-state index is 12.5. The van der Waals surface area contributed by atoms with E-state index in [0.29, 0.717) is 0 Å². The van der Waals surface area contributed by atoms with E-state index < -0.39 is 14.9 Å². The van der Waals surface area contributed by atoms with Crippen LogP contribution in [0, 0.1) is 16.0 Å². The third-order valence-electron chi connectivity index (χ3n) is 3.38. The normalized spacial score (nSPS) is 20.5. The molecule has 0 N–H and O–H groups in total. The fraction of sp³-hybridized carbons (Fsp3) is 0.417. The molecule has 0 amide bonds. The van der Waals surface area contributed by atoms with E-state index in [1.807, 2.05) is 0 Å². The van der Waals surface area contributed by atoms with Crippen LogP contribution in [-0.4, -0.2) is 36.5 Å². The summed E-state index contributed by atoms with van der Waals surface area (Å²) in [5, 5.41) is 10.4. The zero-order chi connectivity index (χ0) is 15.8. The third-order valence-corrected chi connectivity index (χ3v) is 5.73. The number of hydrogen-bond donors (Lipinski definition) is 0. The Balaban J connectivity index is 2.36. The van der Waals surface area contributed by atoms with Gasteiger partial charge >= 0.3 is 0 Å². The Morgan fingerprint density at radius 1 is 1.43 bits per heavy atom. The van der Waals surface area contributed by atoms with Gasteiger partial charge in [-0.1, -0.05) is 18.5 Å². The van der Waals surface area contributed by atoms with E-state index in [0.717, 1.165) is 18.2 Å². The SMILES string of the molecule is CC1CN(S(=O)(=O)c2ccc([N+](=O)[O-])cc2Cl)CCC1=O. The van der Waals surface area contributed by atoms with Gasteiger partial charge in [0.1, 0.15) is 10.7 Å². The summed E-state index contributed by atoms with van der Waals surface area (Å²) in [6, 6.07) is 3.22. The standard InChI is InChI=1S/C12H13ClN2O5S/c1-8-7-14(5-4-11(8)16)21(19,20)12-3-2-9(15(17)18)6-10(12)13/h2-3,6,8H,4-5,7H2,1H3. The molecule has 0 saturated carbocycles. The molecule has 114 valence electrons. The zero-order valence-electron chi connectivity index (χ0n) is 11.2. The van der Waals surface area contributed by atoms with Crippen LogP contribution in [0.25, 0.3) is 0 Å². The molecule has 1 aliphatic rings. The van der Waals surface area contributed by atoms with E-state index in [-0.39, 0.29) is 46.8 Å². The number of halogens is 1. The lowest BCUT2D eigenvalue weighted by Gasteiger charge is -2.29. The first-order valence-electron chi connectivity index (χ1n) is 6.20. The van der Waals surface area contributed by atoms with Crippen LogP contribution in [0.15, 0.2) is 23.1 Å². The summed E-state index contributed by atoms with van der Waals surface area (Å²) < 4.78 is 26.2. The Morgan fingerprint density at radius 3 is 2.62 bits per heavy atom. The molecule has 0 bridgehead atoms. The average molecular weight is 333 g/mol. The molecule has 1 atom stereocenters. The molecular weight excluding hydrogens is 320 g/mol. The largest absolute Gasteiger partial charge is 0.299 e. The molecule has 21 heavy (non-hydrogen) atoms. The number of benzene rings is 1. The minimum absolute atomic E-state index is 0.0243. The highest BCUT2D eigenvalue weighted by Crippen LogP contribution is 2.30. The molecule has 1 saturated heterocycles. The van der Waals surface area contributed by atoms with Gasteiger partial charge in [0.15, 0.2) is 0 Å². The monoisotopic (exact) mass is 332 g/mol. The molecule has 0 aliphatic carbocycles. The molecule has 0 aromatic heterocycles. The van der Waals surface area contributed by atoms with Gasteiger partial charge in [0.2, 0.25) is 10.0 Å². The summed E-state index contributed by atoms with van der Waals surface area (Å²) in [4.78, 5) is 21.3. The Bertz CT molecular complexity index is 704. The number of piperidine rings is 1. The number of carbonyl (C=O) groups is 1. The van der Waals surface area contributed by atoms with Crippen molar-refractivity contribution in [3.05, 3.63) is 33.3 Å². The van der Waals surface area contributed by atoms with E-state index in [1.165, 1.54) is 4.31 Å². The average Bonchev–Trinajstić information content (AvgIpc) is 2.41. The van der Waals surface area contributed by atoms with Gasteiger partial charge in [-0.2, -0.15) is 4.31 Å². The molecular formula is C12H13ClN2O5S. The molecule has 1 aromatic carbocycles. The fourth-order valence-corrected chi connectivity index (χ4v) is 4.19. The van der Waals surface area contributed by atoms with E-state index in [9.17, 15) is 23.3 Å². The maximum atomic E-state index is 12.5. The fourth-order valence-electron chi connectivity index (χ4n) is 2.15. The topological polar surface area (TPSA) is 97.6 Å². The Kier molecular flexibility index (Phi) is 4.31. The lowest BCUT2D eigenvalue weighted by atomic mass is 10.0. The van der Waals surface area contributed by atoms with Crippen LogP contribution in [-0.2, 0) is 14.8 Å². The molecule has 1 unspecified atom stereocenters. The zero-order valence-corrected chi connectivity index (χ0v) is 12.7. The van der Waals surface area contributed by atoms with Crippen LogP contribution in [0.1, 0.15) is 13.3 Å². The van der Waals surface area contributed by atoms with Crippen molar-refractivity contribution in [2.45, 2.75) is 18.2 Å². The maximum Gasteiger partial charge on any atom is 0.271 e. The summed E-state index contributed by atoms with van der Waals surface area (Å²) in [5.41, 5.74) is -0.277. The number of rotatable bonds is 3. The first-order valence-corrected chi connectivity index (χ1v) is 8.02. The lowest BCUT2D eigenvalue weighted by Crippen LogP contribution is -2.43. The summed E-state index contributed by atoms with van der Waals surface area (Å²) in [6.07, 6.45) is 0.158. The second-order valence-electron chi connectivity index (χ2n) is 4.85. The van der Waals surface area contributed by atoms with Crippen LogP contribution in [0.5, 0.6) is 0 Å². The number of carbonyl (C=O) groups excluding carboxylic acids is 1. The number of Topliss-reactive ketones (excluding diaryl/α,β-unsaturated/α-hetero) is 1. The van der Waals surface area contributed by atoms with Gasteiger partial charge in [-0.15, -0.1) is 0 Å². The number of hydrogen-bond acceptors (Lipinski definition) is 5. The number of nitro benzene ring substituents is 1. The van der Waals surface area contributed by atoms with E-state index in [2.05, 4.69) is 0 Å². The van der Waals surface area contributed by atoms with Crippen LogP contribution < -0.4 is 0 Å². The van der Waals surface area contributed by atoms with Crippen molar-refractivity contribution in [3.8, 4) is 0 Å². The molecule has 1 aromatic rings. The Labute approximate surface area is 126 Å². The van der Waals surface area contributed by atoms with Crippen LogP contribution in [0.2, 0.25) is 5.02 Å². The first kappa shape index (κ1) is 15.9. The van der Waals surface area contributed by atoms with Gasteiger partial charge < -0.3 is 0 Å². The van der Waals surface area contributed by atoms with Gasteiger partial charge in [0.05, 0.1) is 9.95 Å². The van der Waals surface area contributed by atoms with Crippen molar-refractivity contribution in [2.75, 3.05) is 13.1 Å². The number of nitrogens with zero attached hydrogens (tertiary/aromatic N) is 2. The second kappa shape index (κ2) is 5.70. The van der Waals surface area contributed by atoms with Gasteiger partial charge in [-0.25, -0.2) is 8.42 Å². The summed E-state index contributed by atoms with van der Waals surface area (Å²) in [7, 11) is -3.86. The predicted octanol–water partition coefficient (Wildman–Crippen LogP) is 1.85. The minimum atomic E-state index is -3.86. The molecule has 1 fully saturated rings. The second-order valence-corrected chi connectivity index (χ2v) is 7.17. The highest BCUT2D eigenvalue weighted by Gasteiger charge is 2.33. The van der Waals surface area contributed by atoms with Gasteiger partial charge in [-0.05, 0) is 6.07 Å². The molecule has 2 rings (SSSR count). The van der Waals surface area contributed by atoms with Crippen molar-refractivity contribution in [1.82, 2.24) is 4.31 Å². The number of non-ortho nitro benzene ring substituents is 1. The van der Waals surface area contributed by atoms with E-state index >= 15 is 0 Å². The van der Waals surface area contributed by atoms with E-state index in [1.54, 1.807) is 6.92 Å². The Morgan fingerprint density at radius 2 is 2.10 bits per heavy atom. The van der Waals surface area contributed by atoms with Crippen molar-refractivity contribution in [3.63, 3.8) is 0 Å².